The van der Waals surface area contributed by atoms with Gasteiger partial charge >= 0.3 is 5.97 Å². The lowest BCUT2D eigenvalue weighted by atomic mass is 10.1. The highest BCUT2D eigenvalue weighted by atomic mass is 32.2. The third-order valence-electron chi connectivity index (χ3n) is 5.64. The van der Waals surface area contributed by atoms with Gasteiger partial charge in [-0.25, -0.2) is 13.2 Å². The molecule has 0 saturated carbocycles. The van der Waals surface area contributed by atoms with Gasteiger partial charge in [0.05, 0.1) is 10.5 Å². The highest BCUT2D eigenvalue weighted by Crippen LogP contribution is 2.25. The molecule has 0 aromatic heterocycles. The van der Waals surface area contributed by atoms with Gasteiger partial charge in [0, 0.05) is 25.3 Å². The van der Waals surface area contributed by atoms with Gasteiger partial charge in [-0.1, -0.05) is 30.7 Å². The number of sulfonamides is 1. The van der Waals surface area contributed by atoms with Crippen molar-refractivity contribution in [1.82, 2.24) is 4.31 Å². The molecule has 1 atom stereocenters. The molecule has 0 bridgehead atoms. The quantitative estimate of drug-likeness (QED) is 0.590. The maximum atomic E-state index is 13.1. The van der Waals surface area contributed by atoms with Gasteiger partial charge in [-0.3, -0.25) is 4.79 Å². The molecule has 172 valence electrons. The van der Waals surface area contributed by atoms with Crippen molar-refractivity contribution < 1.29 is 22.7 Å². The van der Waals surface area contributed by atoms with Crippen molar-refractivity contribution in [2.75, 3.05) is 24.5 Å². The Kier molecular flexibility index (Phi) is 7.69. The summed E-state index contributed by atoms with van der Waals surface area (Å²) in [6.07, 6.45) is 1.65. The molecule has 0 N–H and O–H groups in total. The van der Waals surface area contributed by atoms with Crippen LogP contribution in [0.5, 0.6) is 0 Å². The van der Waals surface area contributed by atoms with Crippen LogP contribution in [0.1, 0.15) is 49.0 Å². The van der Waals surface area contributed by atoms with Crippen LogP contribution in [0.15, 0.2) is 53.4 Å². The molecule has 1 heterocycles. The average Bonchev–Trinajstić information content (AvgIpc) is 2.80. The Balaban J connectivity index is 1.78. The molecular formula is C24H30N2O5S. The molecule has 0 unspecified atom stereocenters. The number of esters is 1. The van der Waals surface area contributed by atoms with Crippen molar-refractivity contribution in [1.29, 1.82) is 0 Å². The molecule has 0 aliphatic carbocycles. The molecule has 1 aliphatic rings. The molecule has 1 aliphatic heterocycles. The summed E-state index contributed by atoms with van der Waals surface area (Å²) < 4.78 is 33.1. The monoisotopic (exact) mass is 458 g/mol. The molecule has 7 nitrogen and oxygen atoms in total. The van der Waals surface area contributed by atoms with Crippen molar-refractivity contribution >= 4 is 27.6 Å². The summed E-state index contributed by atoms with van der Waals surface area (Å²) in [5.74, 6) is -1.08. The SMILES string of the molecule is CCN(C(=O)[C@@H](C)OC(=O)c1ccc(C)c(S(=O)(=O)N2CCCCC2)c1)c1ccccc1. The van der Waals surface area contributed by atoms with E-state index >= 15 is 0 Å². The maximum Gasteiger partial charge on any atom is 0.338 e. The predicted octanol–water partition coefficient (Wildman–Crippen LogP) is 3.77. The average molecular weight is 459 g/mol. The van der Waals surface area contributed by atoms with Crippen LogP contribution in [0, 0.1) is 6.92 Å². The van der Waals surface area contributed by atoms with Crippen molar-refractivity contribution in [3.8, 4) is 0 Å². The topological polar surface area (TPSA) is 84.0 Å². The van der Waals surface area contributed by atoms with Gasteiger partial charge in [0.15, 0.2) is 6.10 Å². The Morgan fingerprint density at radius 2 is 1.72 bits per heavy atom. The Bertz CT molecular complexity index is 1060. The zero-order chi connectivity index (χ0) is 23.3. The van der Waals surface area contributed by atoms with Gasteiger partial charge in [0.1, 0.15) is 0 Å². The van der Waals surface area contributed by atoms with Crippen LogP contribution >= 0.6 is 0 Å². The van der Waals surface area contributed by atoms with Crippen molar-refractivity contribution in [3.05, 3.63) is 59.7 Å². The number of carbonyl (C=O) groups excluding carboxylic acids is 2. The number of likely N-dealkylation sites (N-methyl/N-ethyl adjacent to an activating group) is 1. The zero-order valence-electron chi connectivity index (χ0n) is 18.8. The number of para-hydroxylation sites is 1. The summed E-state index contributed by atoms with van der Waals surface area (Å²) in [4.78, 5) is 27.3. The molecule has 3 rings (SSSR count). The standard InChI is InChI=1S/C24H30N2O5S/c1-4-26(21-11-7-5-8-12-21)23(27)19(3)31-24(28)20-14-13-18(2)22(17-20)32(29,30)25-15-9-6-10-16-25/h5,7-8,11-14,17,19H,4,6,9-10,15-16H2,1-3H3/t19-/m1/s1. The van der Waals surface area contributed by atoms with Gasteiger partial charge < -0.3 is 9.64 Å². The Labute approximate surface area is 190 Å². The summed E-state index contributed by atoms with van der Waals surface area (Å²) >= 11 is 0. The largest absolute Gasteiger partial charge is 0.449 e. The molecule has 1 saturated heterocycles. The van der Waals surface area contributed by atoms with Gasteiger partial charge in [0.25, 0.3) is 5.91 Å². The second kappa shape index (κ2) is 10.3. The van der Waals surface area contributed by atoms with E-state index in [4.69, 9.17) is 4.74 Å². The van der Waals surface area contributed by atoms with Gasteiger partial charge in [-0.05, 0) is 63.4 Å². The van der Waals surface area contributed by atoms with Crippen LogP contribution in [-0.4, -0.2) is 50.3 Å². The fourth-order valence-electron chi connectivity index (χ4n) is 3.82. The molecule has 8 heteroatoms. The summed E-state index contributed by atoms with van der Waals surface area (Å²) in [6.45, 7) is 6.45. The van der Waals surface area contributed by atoms with Crippen molar-refractivity contribution in [2.45, 2.75) is 51.0 Å². The second-order valence-electron chi connectivity index (χ2n) is 7.91. The number of rotatable bonds is 7. The number of carbonyl (C=O) groups is 2. The fourth-order valence-corrected chi connectivity index (χ4v) is 5.59. The van der Waals surface area contributed by atoms with Crippen LogP contribution in [-0.2, 0) is 19.6 Å². The first kappa shape index (κ1) is 23.9. The first-order chi connectivity index (χ1) is 15.3. The third-order valence-corrected chi connectivity index (χ3v) is 7.68. The van der Waals surface area contributed by atoms with E-state index in [1.165, 1.54) is 23.4 Å². The van der Waals surface area contributed by atoms with Crippen molar-refractivity contribution in [3.63, 3.8) is 0 Å². The molecule has 0 spiro atoms. The smallest absolute Gasteiger partial charge is 0.338 e. The minimum absolute atomic E-state index is 0.104. The third kappa shape index (κ3) is 5.19. The van der Waals surface area contributed by atoms with E-state index in [0.29, 0.717) is 30.9 Å². The Morgan fingerprint density at radius 1 is 1.06 bits per heavy atom. The number of hydrogen-bond acceptors (Lipinski definition) is 5. The van der Waals surface area contributed by atoms with E-state index in [2.05, 4.69) is 0 Å². The summed E-state index contributed by atoms with van der Waals surface area (Å²) in [5, 5.41) is 0. The second-order valence-corrected chi connectivity index (χ2v) is 9.82. The van der Waals surface area contributed by atoms with E-state index in [1.54, 1.807) is 17.9 Å². The number of hydrogen-bond donors (Lipinski definition) is 0. The minimum Gasteiger partial charge on any atom is -0.449 e. The highest BCUT2D eigenvalue weighted by molar-refractivity contribution is 7.89. The maximum absolute atomic E-state index is 13.1. The van der Waals surface area contributed by atoms with Crippen molar-refractivity contribution in [2.24, 2.45) is 0 Å². The molecular weight excluding hydrogens is 428 g/mol. The van der Waals surface area contributed by atoms with Gasteiger partial charge in [-0.2, -0.15) is 4.31 Å². The van der Waals surface area contributed by atoms with Crippen LogP contribution in [0.25, 0.3) is 0 Å². The number of piperidine rings is 1. The normalized spacial score (nSPS) is 15.7. The van der Waals surface area contributed by atoms with Gasteiger partial charge in [-0.15, -0.1) is 0 Å². The summed E-state index contributed by atoms with van der Waals surface area (Å²) in [7, 11) is -3.70. The van der Waals surface area contributed by atoms with Crippen LogP contribution in [0.4, 0.5) is 5.69 Å². The molecule has 32 heavy (non-hydrogen) atoms. The van der Waals surface area contributed by atoms with E-state index in [-0.39, 0.29) is 16.4 Å². The predicted molar refractivity (Wildman–Crippen MR) is 123 cm³/mol. The zero-order valence-corrected chi connectivity index (χ0v) is 19.6. The van der Waals surface area contributed by atoms with Crippen LogP contribution in [0.3, 0.4) is 0 Å². The molecule has 1 amide bonds. The molecule has 2 aromatic carbocycles. The minimum atomic E-state index is -3.70. The van der Waals surface area contributed by atoms with E-state index < -0.39 is 22.1 Å². The molecule has 0 radical (unpaired) electrons. The number of amides is 1. The first-order valence-electron chi connectivity index (χ1n) is 10.9. The molecule has 2 aromatic rings. The fraction of sp³-hybridized carbons (Fsp3) is 0.417. The van der Waals surface area contributed by atoms with E-state index in [9.17, 15) is 18.0 Å². The Hall–Kier alpha value is -2.71. The highest BCUT2D eigenvalue weighted by Gasteiger charge is 2.29. The number of ether oxygens (including phenoxy) is 1. The first-order valence-corrected chi connectivity index (χ1v) is 12.4. The van der Waals surface area contributed by atoms with Crippen LogP contribution in [0.2, 0.25) is 0 Å². The van der Waals surface area contributed by atoms with E-state index in [1.807, 2.05) is 37.3 Å². The Morgan fingerprint density at radius 3 is 2.34 bits per heavy atom. The number of benzene rings is 2. The molecule has 1 fully saturated rings. The lowest BCUT2D eigenvalue weighted by molar-refractivity contribution is -0.126. The summed E-state index contributed by atoms with van der Waals surface area (Å²) in [6, 6.07) is 13.6. The summed E-state index contributed by atoms with van der Waals surface area (Å²) in [5.41, 5.74) is 1.39. The van der Waals surface area contributed by atoms with Gasteiger partial charge in [0.2, 0.25) is 10.0 Å². The van der Waals surface area contributed by atoms with Crippen LogP contribution < -0.4 is 4.90 Å². The number of aryl methyl sites for hydroxylation is 1. The number of nitrogens with zero attached hydrogens (tertiary/aromatic N) is 2. The lowest BCUT2D eigenvalue weighted by Crippen LogP contribution is -2.40. The lowest BCUT2D eigenvalue weighted by Gasteiger charge is -2.27. The number of anilines is 1. The van der Waals surface area contributed by atoms with E-state index in [0.717, 1.165) is 19.3 Å².